The van der Waals surface area contributed by atoms with Crippen molar-refractivity contribution in [2.24, 2.45) is 0 Å². The summed E-state index contributed by atoms with van der Waals surface area (Å²) < 4.78 is 0. The molecule has 0 spiro atoms. The van der Waals surface area contributed by atoms with Crippen molar-refractivity contribution in [2.45, 2.75) is 26.3 Å². The highest BCUT2D eigenvalue weighted by molar-refractivity contribution is 5.77. The zero-order chi connectivity index (χ0) is 7.78. The van der Waals surface area contributed by atoms with E-state index < -0.39 is 0 Å². The number of hydrogen-bond donors (Lipinski definition) is 1. The molecular formula is C7H14N2O. The van der Waals surface area contributed by atoms with E-state index in [-0.39, 0.29) is 11.6 Å². The highest BCUT2D eigenvalue weighted by Crippen LogP contribution is 2.17. The Morgan fingerprint density at radius 2 is 2.30 bits per heavy atom. The average molecular weight is 142 g/mol. The number of likely N-dealkylation sites (N-methyl/N-ethyl adjacent to an activating group) is 1. The Morgan fingerprint density at radius 3 is 2.50 bits per heavy atom. The highest BCUT2D eigenvalue weighted by Gasteiger charge is 2.35. The predicted octanol–water partition coefficient (Wildman–Crippen LogP) is 0.810. The summed E-state index contributed by atoms with van der Waals surface area (Å²) in [5.41, 5.74) is 0.00579. The molecule has 0 aliphatic carbocycles. The van der Waals surface area contributed by atoms with Crippen LogP contribution in [0.1, 0.15) is 20.8 Å². The number of rotatable bonds is 1. The summed E-state index contributed by atoms with van der Waals surface area (Å²) in [4.78, 5) is 12.9. The van der Waals surface area contributed by atoms with Crippen LogP contribution in [-0.2, 0) is 0 Å². The van der Waals surface area contributed by atoms with Gasteiger partial charge in [-0.05, 0) is 20.8 Å². The molecule has 1 aliphatic heterocycles. The van der Waals surface area contributed by atoms with Gasteiger partial charge in [-0.3, -0.25) is 0 Å². The molecular weight excluding hydrogens is 128 g/mol. The molecule has 58 valence electrons. The molecule has 0 aromatic rings. The molecule has 0 radical (unpaired) electrons. The SMILES string of the molecule is CCN1C(=O)NCC1(C)C. The second-order valence-corrected chi connectivity index (χ2v) is 3.22. The molecule has 0 saturated carbocycles. The molecule has 1 heterocycles. The summed E-state index contributed by atoms with van der Waals surface area (Å²) >= 11 is 0. The van der Waals surface area contributed by atoms with E-state index in [1.54, 1.807) is 0 Å². The van der Waals surface area contributed by atoms with Gasteiger partial charge < -0.3 is 10.2 Å². The van der Waals surface area contributed by atoms with E-state index in [0.29, 0.717) is 0 Å². The maximum absolute atomic E-state index is 11.0. The summed E-state index contributed by atoms with van der Waals surface area (Å²) in [6, 6.07) is 0.0625. The number of amides is 2. The normalized spacial score (nSPS) is 23.1. The average Bonchev–Trinajstić information content (AvgIpc) is 2.07. The van der Waals surface area contributed by atoms with Gasteiger partial charge in [-0.15, -0.1) is 0 Å². The molecule has 1 aliphatic rings. The van der Waals surface area contributed by atoms with Crippen LogP contribution < -0.4 is 5.32 Å². The predicted molar refractivity (Wildman–Crippen MR) is 39.9 cm³/mol. The highest BCUT2D eigenvalue weighted by atomic mass is 16.2. The van der Waals surface area contributed by atoms with Crippen molar-refractivity contribution in [1.82, 2.24) is 10.2 Å². The number of carbonyl (C=O) groups excluding carboxylic acids is 1. The third-order valence-electron chi connectivity index (χ3n) is 1.96. The van der Waals surface area contributed by atoms with E-state index in [1.165, 1.54) is 0 Å². The molecule has 1 fully saturated rings. The Hall–Kier alpha value is -0.730. The van der Waals surface area contributed by atoms with Crippen LogP contribution in [-0.4, -0.2) is 29.6 Å². The van der Waals surface area contributed by atoms with E-state index in [0.717, 1.165) is 13.1 Å². The van der Waals surface area contributed by atoms with Crippen LogP contribution >= 0.6 is 0 Å². The molecule has 2 amide bonds. The third kappa shape index (κ3) is 0.958. The molecule has 0 aromatic heterocycles. The number of hydrogen-bond acceptors (Lipinski definition) is 1. The maximum Gasteiger partial charge on any atom is 0.317 e. The standard InChI is InChI=1S/C7H14N2O/c1-4-9-6(10)8-5-7(9,2)3/h4-5H2,1-3H3,(H,8,10). The largest absolute Gasteiger partial charge is 0.336 e. The smallest absolute Gasteiger partial charge is 0.317 e. The quantitative estimate of drug-likeness (QED) is 0.577. The Kier molecular flexibility index (Phi) is 1.58. The minimum atomic E-state index is 0.00579. The van der Waals surface area contributed by atoms with Crippen LogP contribution in [0.3, 0.4) is 0 Å². The lowest BCUT2D eigenvalue weighted by Crippen LogP contribution is -2.41. The number of nitrogens with zero attached hydrogens (tertiary/aromatic N) is 1. The molecule has 1 rings (SSSR count). The molecule has 1 saturated heterocycles. The third-order valence-corrected chi connectivity index (χ3v) is 1.96. The molecule has 1 N–H and O–H groups in total. The first kappa shape index (κ1) is 7.38. The van der Waals surface area contributed by atoms with Crippen LogP contribution in [0.2, 0.25) is 0 Å². The van der Waals surface area contributed by atoms with Gasteiger partial charge in [0.1, 0.15) is 0 Å². The van der Waals surface area contributed by atoms with Gasteiger partial charge in [0.15, 0.2) is 0 Å². The van der Waals surface area contributed by atoms with Gasteiger partial charge in [0.2, 0.25) is 0 Å². The van der Waals surface area contributed by atoms with Crippen molar-refractivity contribution in [2.75, 3.05) is 13.1 Å². The fraction of sp³-hybridized carbons (Fsp3) is 0.857. The van der Waals surface area contributed by atoms with Gasteiger partial charge in [0.05, 0.1) is 5.54 Å². The van der Waals surface area contributed by atoms with E-state index in [4.69, 9.17) is 0 Å². The van der Waals surface area contributed by atoms with Crippen LogP contribution in [0.4, 0.5) is 4.79 Å². The Balaban J connectivity index is 2.73. The van der Waals surface area contributed by atoms with Gasteiger partial charge in [0.25, 0.3) is 0 Å². The van der Waals surface area contributed by atoms with Crippen LogP contribution in [0, 0.1) is 0 Å². The Labute approximate surface area is 61.4 Å². The van der Waals surface area contributed by atoms with Gasteiger partial charge in [0, 0.05) is 13.1 Å². The van der Waals surface area contributed by atoms with Crippen LogP contribution in [0.15, 0.2) is 0 Å². The van der Waals surface area contributed by atoms with Crippen molar-refractivity contribution < 1.29 is 4.79 Å². The van der Waals surface area contributed by atoms with E-state index in [2.05, 4.69) is 19.2 Å². The lowest BCUT2D eigenvalue weighted by atomic mass is 10.1. The molecule has 0 aromatic carbocycles. The van der Waals surface area contributed by atoms with Crippen molar-refractivity contribution >= 4 is 6.03 Å². The minimum Gasteiger partial charge on any atom is -0.336 e. The first-order valence-corrected chi connectivity index (χ1v) is 3.63. The van der Waals surface area contributed by atoms with Crippen LogP contribution in [0.5, 0.6) is 0 Å². The molecule has 0 unspecified atom stereocenters. The fourth-order valence-corrected chi connectivity index (χ4v) is 1.33. The van der Waals surface area contributed by atoms with E-state index >= 15 is 0 Å². The van der Waals surface area contributed by atoms with Crippen molar-refractivity contribution in [3.8, 4) is 0 Å². The first-order chi connectivity index (χ1) is 4.58. The summed E-state index contributed by atoms with van der Waals surface area (Å²) in [7, 11) is 0. The summed E-state index contributed by atoms with van der Waals surface area (Å²) in [6.07, 6.45) is 0. The summed E-state index contributed by atoms with van der Waals surface area (Å²) in [5.74, 6) is 0. The number of nitrogens with one attached hydrogen (secondary N) is 1. The molecule has 0 bridgehead atoms. The van der Waals surface area contributed by atoms with Crippen LogP contribution in [0.25, 0.3) is 0 Å². The number of carbonyl (C=O) groups is 1. The van der Waals surface area contributed by atoms with Gasteiger partial charge >= 0.3 is 6.03 Å². The minimum absolute atomic E-state index is 0.00579. The number of urea groups is 1. The van der Waals surface area contributed by atoms with Crippen molar-refractivity contribution in [1.29, 1.82) is 0 Å². The van der Waals surface area contributed by atoms with Gasteiger partial charge in [-0.1, -0.05) is 0 Å². The summed E-state index contributed by atoms with van der Waals surface area (Å²) in [5, 5.41) is 2.80. The lowest BCUT2D eigenvalue weighted by molar-refractivity contribution is 0.182. The zero-order valence-corrected chi connectivity index (χ0v) is 6.77. The second-order valence-electron chi connectivity index (χ2n) is 3.22. The topological polar surface area (TPSA) is 32.3 Å². The van der Waals surface area contributed by atoms with E-state index in [9.17, 15) is 4.79 Å². The Bertz CT molecular complexity index is 154. The monoisotopic (exact) mass is 142 g/mol. The van der Waals surface area contributed by atoms with Gasteiger partial charge in [-0.25, -0.2) is 4.79 Å². The van der Waals surface area contributed by atoms with Crippen molar-refractivity contribution in [3.63, 3.8) is 0 Å². The molecule has 10 heavy (non-hydrogen) atoms. The second kappa shape index (κ2) is 2.15. The molecule has 3 heteroatoms. The summed E-state index contributed by atoms with van der Waals surface area (Å²) in [6.45, 7) is 7.67. The maximum atomic E-state index is 11.0. The molecule has 0 atom stereocenters. The lowest BCUT2D eigenvalue weighted by Gasteiger charge is -2.28. The fourth-order valence-electron chi connectivity index (χ4n) is 1.33. The van der Waals surface area contributed by atoms with Gasteiger partial charge in [-0.2, -0.15) is 0 Å². The van der Waals surface area contributed by atoms with Crippen molar-refractivity contribution in [3.05, 3.63) is 0 Å². The zero-order valence-electron chi connectivity index (χ0n) is 6.77. The first-order valence-electron chi connectivity index (χ1n) is 3.63. The van der Waals surface area contributed by atoms with E-state index in [1.807, 2.05) is 11.8 Å². The Morgan fingerprint density at radius 1 is 1.70 bits per heavy atom. The molecule has 3 nitrogen and oxygen atoms in total.